The molecule has 2 aromatic rings. The Bertz CT molecular complexity index is 783. The van der Waals surface area contributed by atoms with Crippen molar-refractivity contribution in [1.29, 1.82) is 0 Å². The average Bonchev–Trinajstić information content (AvgIpc) is 3.09. The predicted molar refractivity (Wildman–Crippen MR) is 82.6 cm³/mol. The molecule has 3 rings (SSSR count). The molecule has 1 amide bonds. The van der Waals surface area contributed by atoms with Crippen molar-refractivity contribution in [2.24, 2.45) is 0 Å². The zero-order valence-electron chi connectivity index (χ0n) is 12.2. The minimum Gasteiger partial charge on any atom is -0.379 e. The second-order valence-corrected chi connectivity index (χ2v) is 6.92. The number of H-pyrrole nitrogens is 1. The number of amides is 1. The second kappa shape index (κ2) is 6.49. The number of rotatable bonds is 4. The number of nitrogens with zero attached hydrogens (tertiary/aromatic N) is 2. The third kappa shape index (κ3) is 3.41. The Morgan fingerprint density at radius 3 is 2.78 bits per heavy atom. The summed E-state index contributed by atoms with van der Waals surface area (Å²) < 4.78 is 31.7. The Balaban J connectivity index is 1.83. The first-order chi connectivity index (χ1) is 11.1. The number of hydrogen-bond acceptors (Lipinski definition) is 5. The average molecular weight is 336 g/mol. The van der Waals surface area contributed by atoms with Crippen LogP contribution in [0.1, 0.15) is 10.4 Å². The van der Waals surface area contributed by atoms with E-state index in [2.05, 4.69) is 15.5 Å². The topological polar surface area (TPSA) is 104 Å². The van der Waals surface area contributed by atoms with Crippen LogP contribution in [0, 0.1) is 0 Å². The maximum Gasteiger partial charge on any atom is 0.255 e. The van der Waals surface area contributed by atoms with Gasteiger partial charge in [-0.05, 0) is 18.2 Å². The van der Waals surface area contributed by atoms with Crippen molar-refractivity contribution in [2.45, 2.75) is 4.90 Å². The number of morpholine rings is 1. The number of benzene rings is 1. The van der Waals surface area contributed by atoms with Crippen LogP contribution in [0.5, 0.6) is 0 Å². The maximum absolute atomic E-state index is 12.6. The highest BCUT2D eigenvalue weighted by Crippen LogP contribution is 2.19. The molecule has 0 saturated carbocycles. The quantitative estimate of drug-likeness (QED) is 0.854. The molecule has 8 nitrogen and oxygen atoms in total. The van der Waals surface area contributed by atoms with Gasteiger partial charge >= 0.3 is 0 Å². The lowest BCUT2D eigenvalue weighted by molar-refractivity contribution is 0.0730. The molecular weight excluding hydrogens is 320 g/mol. The van der Waals surface area contributed by atoms with Crippen LogP contribution in [-0.4, -0.2) is 55.1 Å². The number of nitrogens with one attached hydrogen (secondary N) is 2. The number of sulfonamides is 1. The first kappa shape index (κ1) is 15.7. The lowest BCUT2D eigenvalue weighted by atomic mass is 10.2. The molecule has 1 saturated heterocycles. The first-order valence-electron chi connectivity index (χ1n) is 7.05. The molecule has 0 unspecified atom stereocenters. The van der Waals surface area contributed by atoms with E-state index in [0.29, 0.717) is 32.0 Å². The number of carbonyl (C=O) groups is 1. The highest BCUT2D eigenvalue weighted by Gasteiger charge is 2.26. The number of carbonyl (C=O) groups excluding carboxylic acids is 1. The first-order valence-corrected chi connectivity index (χ1v) is 8.49. The summed E-state index contributed by atoms with van der Waals surface area (Å²) in [5.74, 6) is -0.398. The van der Waals surface area contributed by atoms with Crippen molar-refractivity contribution in [3.8, 4) is 0 Å². The van der Waals surface area contributed by atoms with Gasteiger partial charge in [0.15, 0.2) is 0 Å². The van der Waals surface area contributed by atoms with E-state index in [-0.39, 0.29) is 10.5 Å². The molecule has 1 aromatic carbocycles. The lowest BCUT2D eigenvalue weighted by Gasteiger charge is -2.26. The summed E-state index contributed by atoms with van der Waals surface area (Å²) in [5, 5.41) is 8.95. The van der Waals surface area contributed by atoms with Gasteiger partial charge in [0.25, 0.3) is 5.91 Å². The van der Waals surface area contributed by atoms with E-state index in [4.69, 9.17) is 4.74 Å². The monoisotopic (exact) mass is 336 g/mol. The maximum atomic E-state index is 12.6. The molecule has 0 radical (unpaired) electrons. The minimum absolute atomic E-state index is 0.0965. The summed E-state index contributed by atoms with van der Waals surface area (Å²) in [5.41, 5.74) is 0.775. The van der Waals surface area contributed by atoms with Gasteiger partial charge in [0.2, 0.25) is 10.0 Å². The Labute approximate surface area is 133 Å². The minimum atomic E-state index is -3.63. The van der Waals surface area contributed by atoms with Gasteiger partial charge in [-0.2, -0.15) is 9.40 Å². The van der Waals surface area contributed by atoms with E-state index in [0.717, 1.165) is 0 Å². The number of ether oxygens (including phenoxy) is 1. The highest BCUT2D eigenvalue weighted by atomic mass is 32.2. The fraction of sp³-hybridized carbons (Fsp3) is 0.286. The normalized spacial score (nSPS) is 16.2. The third-order valence-corrected chi connectivity index (χ3v) is 5.35. The summed E-state index contributed by atoms with van der Waals surface area (Å²) in [4.78, 5) is 12.3. The summed E-state index contributed by atoms with van der Waals surface area (Å²) in [6.45, 7) is 1.38. The van der Waals surface area contributed by atoms with Gasteiger partial charge < -0.3 is 10.1 Å². The van der Waals surface area contributed by atoms with Crippen LogP contribution in [0.4, 0.5) is 5.69 Å². The molecule has 1 aliphatic rings. The van der Waals surface area contributed by atoms with Crippen LogP contribution in [0.2, 0.25) is 0 Å². The Morgan fingerprint density at radius 2 is 2.09 bits per heavy atom. The van der Waals surface area contributed by atoms with Crippen molar-refractivity contribution >= 4 is 21.6 Å². The van der Waals surface area contributed by atoms with Gasteiger partial charge in [-0.25, -0.2) is 8.42 Å². The van der Waals surface area contributed by atoms with Crippen LogP contribution in [-0.2, 0) is 14.8 Å². The van der Waals surface area contributed by atoms with Gasteiger partial charge in [0, 0.05) is 24.8 Å². The highest BCUT2D eigenvalue weighted by molar-refractivity contribution is 7.89. The van der Waals surface area contributed by atoms with E-state index < -0.39 is 15.9 Å². The molecule has 1 aromatic heterocycles. The van der Waals surface area contributed by atoms with E-state index >= 15 is 0 Å². The fourth-order valence-electron chi connectivity index (χ4n) is 2.26. The second-order valence-electron chi connectivity index (χ2n) is 4.99. The van der Waals surface area contributed by atoms with Gasteiger partial charge in [0.1, 0.15) is 0 Å². The molecule has 1 fully saturated rings. The predicted octanol–water partition coefficient (Wildman–Crippen LogP) is 0.683. The van der Waals surface area contributed by atoms with Crippen LogP contribution >= 0.6 is 0 Å². The van der Waals surface area contributed by atoms with Crippen molar-refractivity contribution in [3.05, 3.63) is 42.2 Å². The Hall–Kier alpha value is -2.23. The van der Waals surface area contributed by atoms with Crippen molar-refractivity contribution in [1.82, 2.24) is 14.5 Å². The van der Waals surface area contributed by atoms with Crippen LogP contribution in [0.25, 0.3) is 0 Å². The number of hydrogen-bond donors (Lipinski definition) is 2. The fourth-order valence-corrected chi connectivity index (χ4v) is 3.71. The van der Waals surface area contributed by atoms with Crippen molar-refractivity contribution in [3.63, 3.8) is 0 Å². The van der Waals surface area contributed by atoms with Crippen LogP contribution < -0.4 is 5.32 Å². The van der Waals surface area contributed by atoms with Crippen LogP contribution in [0.15, 0.2) is 41.6 Å². The third-order valence-electron chi connectivity index (χ3n) is 3.46. The zero-order chi connectivity index (χ0) is 16.3. The SMILES string of the molecule is O=C(Nc1cn[nH]c1)c1cccc(S(=O)(=O)N2CCOCC2)c1. The number of anilines is 1. The summed E-state index contributed by atoms with van der Waals surface area (Å²) in [7, 11) is -3.63. The zero-order valence-corrected chi connectivity index (χ0v) is 13.0. The number of aromatic nitrogens is 2. The standard InChI is InChI=1S/C14H16N4O4S/c19-14(17-12-9-15-16-10-12)11-2-1-3-13(8-11)23(20,21)18-4-6-22-7-5-18/h1-3,8-10H,4-7H2,(H,15,16)(H,17,19). The van der Waals surface area contributed by atoms with Gasteiger partial charge in [0.05, 0.1) is 30.0 Å². The molecule has 9 heteroatoms. The Kier molecular flexibility index (Phi) is 4.42. The van der Waals surface area contributed by atoms with E-state index in [1.54, 1.807) is 12.1 Å². The number of aromatic amines is 1. The largest absolute Gasteiger partial charge is 0.379 e. The molecule has 0 bridgehead atoms. The summed E-state index contributed by atoms with van der Waals surface area (Å²) >= 11 is 0. The molecule has 0 atom stereocenters. The molecule has 122 valence electrons. The smallest absolute Gasteiger partial charge is 0.255 e. The molecule has 2 N–H and O–H groups in total. The molecule has 1 aliphatic heterocycles. The van der Waals surface area contributed by atoms with Gasteiger partial charge in [-0.1, -0.05) is 6.07 Å². The summed E-state index contributed by atoms with van der Waals surface area (Å²) in [6.07, 6.45) is 3.00. The van der Waals surface area contributed by atoms with E-state index in [1.807, 2.05) is 0 Å². The molecule has 0 aliphatic carbocycles. The molecule has 0 spiro atoms. The molecule has 2 heterocycles. The molecule has 23 heavy (non-hydrogen) atoms. The molecular formula is C14H16N4O4S. The van der Waals surface area contributed by atoms with Crippen LogP contribution in [0.3, 0.4) is 0 Å². The van der Waals surface area contributed by atoms with Crippen molar-refractivity contribution < 1.29 is 17.9 Å². The van der Waals surface area contributed by atoms with Gasteiger partial charge in [-0.15, -0.1) is 0 Å². The lowest BCUT2D eigenvalue weighted by Crippen LogP contribution is -2.40. The van der Waals surface area contributed by atoms with E-state index in [1.165, 1.54) is 28.8 Å². The van der Waals surface area contributed by atoms with Crippen molar-refractivity contribution in [2.75, 3.05) is 31.6 Å². The summed E-state index contributed by atoms with van der Waals surface area (Å²) in [6, 6.07) is 5.98. The Morgan fingerprint density at radius 1 is 1.30 bits per heavy atom. The van der Waals surface area contributed by atoms with E-state index in [9.17, 15) is 13.2 Å². The van der Waals surface area contributed by atoms with Gasteiger partial charge in [-0.3, -0.25) is 9.89 Å².